The van der Waals surface area contributed by atoms with Gasteiger partial charge in [0.2, 0.25) is 0 Å². The lowest BCUT2D eigenvalue weighted by molar-refractivity contribution is -0.00526. The lowest BCUT2D eigenvalue weighted by Gasteiger charge is -2.37. The maximum absolute atomic E-state index is 13.2. The summed E-state index contributed by atoms with van der Waals surface area (Å²) in [5.41, 5.74) is 7.55. The molecule has 0 saturated carbocycles. The highest BCUT2D eigenvalue weighted by atomic mass is 19.1. The molecule has 1 fully saturated rings. The van der Waals surface area contributed by atoms with E-state index in [1.807, 2.05) is 19.9 Å². The summed E-state index contributed by atoms with van der Waals surface area (Å²) in [5.74, 6) is -0.233. The van der Waals surface area contributed by atoms with Gasteiger partial charge in [0.05, 0.1) is 12.2 Å². The number of halogens is 1. The number of nitrogens with zero attached hydrogens (tertiary/aromatic N) is 1. The first-order valence-electron chi connectivity index (χ1n) is 5.99. The van der Waals surface area contributed by atoms with Gasteiger partial charge in [-0.1, -0.05) is 0 Å². The molecule has 0 amide bonds. The molecule has 94 valence electrons. The summed E-state index contributed by atoms with van der Waals surface area (Å²) in [7, 11) is 0. The molecule has 0 unspecified atom stereocenters. The van der Waals surface area contributed by atoms with Crippen LogP contribution in [0.4, 0.5) is 10.1 Å². The van der Waals surface area contributed by atoms with E-state index >= 15 is 0 Å². The van der Waals surface area contributed by atoms with E-state index in [0.717, 1.165) is 24.3 Å². The molecule has 0 bridgehead atoms. The van der Waals surface area contributed by atoms with Crippen LogP contribution in [-0.4, -0.2) is 25.3 Å². The molecule has 2 atom stereocenters. The largest absolute Gasteiger partial charge is 0.372 e. The highest BCUT2D eigenvalue weighted by Crippen LogP contribution is 2.25. The van der Waals surface area contributed by atoms with Crippen LogP contribution in [0.2, 0.25) is 0 Å². The third-order valence-electron chi connectivity index (χ3n) is 3.02. The quantitative estimate of drug-likeness (QED) is 0.855. The van der Waals surface area contributed by atoms with Crippen LogP contribution < -0.4 is 10.6 Å². The average molecular weight is 238 g/mol. The Bertz CT molecular complexity index is 387. The van der Waals surface area contributed by atoms with Crippen molar-refractivity contribution in [3.63, 3.8) is 0 Å². The van der Waals surface area contributed by atoms with Crippen molar-refractivity contribution < 1.29 is 9.13 Å². The molecule has 0 radical (unpaired) electrons. The minimum absolute atomic E-state index is 0.189. The number of hydrogen-bond acceptors (Lipinski definition) is 3. The van der Waals surface area contributed by atoms with Crippen molar-refractivity contribution >= 4 is 5.69 Å². The fourth-order valence-corrected chi connectivity index (χ4v) is 2.40. The van der Waals surface area contributed by atoms with Crippen molar-refractivity contribution in [2.75, 3.05) is 18.0 Å². The van der Waals surface area contributed by atoms with E-state index < -0.39 is 0 Å². The van der Waals surface area contributed by atoms with Crippen LogP contribution in [0.1, 0.15) is 19.4 Å². The molecule has 1 aliphatic heterocycles. The van der Waals surface area contributed by atoms with Crippen molar-refractivity contribution in [2.45, 2.75) is 32.6 Å². The Morgan fingerprint density at radius 2 is 2.00 bits per heavy atom. The molecule has 0 aliphatic carbocycles. The van der Waals surface area contributed by atoms with Gasteiger partial charge in [-0.25, -0.2) is 4.39 Å². The molecule has 0 aromatic heterocycles. The number of ether oxygens (including phenoxy) is 1. The highest BCUT2D eigenvalue weighted by molar-refractivity contribution is 5.54. The first kappa shape index (κ1) is 12.3. The van der Waals surface area contributed by atoms with Crippen LogP contribution in [0.5, 0.6) is 0 Å². The number of nitrogens with two attached hydrogens (primary N) is 1. The normalized spacial score (nSPS) is 25.1. The summed E-state index contributed by atoms with van der Waals surface area (Å²) >= 11 is 0. The number of rotatable bonds is 2. The second kappa shape index (κ2) is 5.02. The van der Waals surface area contributed by atoms with Gasteiger partial charge in [0, 0.05) is 25.3 Å². The molecular weight excluding hydrogens is 219 g/mol. The van der Waals surface area contributed by atoms with Gasteiger partial charge in [-0.15, -0.1) is 0 Å². The monoisotopic (exact) mass is 238 g/mol. The maximum Gasteiger partial charge on any atom is 0.123 e. The predicted octanol–water partition coefficient (Wildman–Crippen LogP) is 1.90. The van der Waals surface area contributed by atoms with E-state index in [2.05, 4.69) is 4.90 Å². The van der Waals surface area contributed by atoms with Crippen molar-refractivity contribution in [3.8, 4) is 0 Å². The fourth-order valence-electron chi connectivity index (χ4n) is 2.40. The van der Waals surface area contributed by atoms with E-state index in [4.69, 9.17) is 10.5 Å². The number of benzene rings is 1. The Kier molecular flexibility index (Phi) is 3.64. The van der Waals surface area contributed by atoms with Gasteiger partial charge < -0.3 is 15.4 Å². The van der Waals surface area contributed by atoms with Gasteiger partial charge in [0.1, 0.15) is 5.82 Å². The standard InChI is InChI=1S/C13H19FN2O/c1-9-7-16(8-10(2)17-9)13-4-3-12(14)5-11(13)6-15/h3-5,9-10H,6-8,15H2,1-2H3/t9-,10+. The molecule has 1 aliphatic rings. The molecule has 4 heteroatoms. The lowest BCUT2D eigenvalue weighted by Crippen LogP contribution is -2.45. The van der Waals surface area contributed by atoms with E-state index in [-0.39, 0.29) is 18.0 Å². The van der Waals surface area contributed by atoms with Crippen LogP contribution in [0.25, 0.3) is 0 Å². The summed E-state index contributed by atoms with van der Waals surface area (Å²) in [6, 6.07) is 4.81. The maximum atomic E-state index is 13.2. The van der Waals surface area contributed by atoms with Gasteiger partial charge in [-0.3, -0.25) is 0 Å². The van der Waals surface area contributed by atoms with Gasteiger partial charge in [0.15, 0.2) is 0 Å². The second-order valence-corrected chi connectivity index (χ2v) is 4.64. The second-order valence-electron chi connectivity index (χ2n) is 4.64. The Labute approximate surface area is 101 Å². The molecule has 0 spiro atoms. The summed E-state index contributed by atoms with van der Waals surface area (Å²) in [5, 5.41) is 0. The van der Waals surface area contributed by atoms with E-state index in [9.17, 15) is 4.39 Å². The topological polar surface area (TPSA) is 38.5 Å². The van der Waals surface area contributed by atoms with Gasteiger partial charge in [-0.2, -0.15) is 0 Å². The molecule has 1 aromatic rings. The van der Waals surface area contributed by atoms with Crippen molar-refractivity contribution in [2.24, 2.45) is 5.73 Å². The predicted molar refractivity (Wildman–Crippen MR) is 66.5 cm³/mol. The Hall–Kier alpha value is -1.13. The van der Waals surface area contributed by atoms with Crippen LogP contribution in [0.15, 0.2) is 18.2 Å². The third-order valence-corrected chi connectivity index (χ3v) is 3.02. The summed E-state index contributed by atoms with van der Waals surface area (Å²) in [4.78, 5) is 2.22. The SMILES string of the molecule is C[C@@H]1CN(c2ccc(F)cc2CN)C[C@H](C)O1. The molecule has 1 heterocycles. The zero-order valence-electron chi connectivity index (χ0n) is 10.3. The molecule has 3 nitrogen and oxygen atoms in total. The highest BCUT2D eigenvalue weighted by Gasteiger charge is 2.23. The van der Waals surface area contributed by atoms with Crippen LogP contribution in [0.3, 0.4) is 0 Å². The molecule has 2 rings (SSSR count). The van der Waals surface area contributed by atoms with Crippen molar-refractivity contribution in [1.29, 1.82) is 0 Å². The zero-order chi connectivity index (χ0) is 12.4. The van der Waals surface area contributed by atoms with Crippen LogP contribution in [-0.2, 0) is 11.3 Å². The average Bonchev–Trinajstić information content (AvgIpc) is 2.27. The third kappa shape index (κ3) is 2.76. The molecule has 17 heavy (non-hydrogen) atoms. The molecule has 1 saturated heterocycles. The van der Waals surface area contributed by atoms with Crippen molar-refractivity contribution in [1.82, 2.24) is 0 Å². The Balaban J connectivity index is 2.26. The first-order chi connectivity index (χ1) is 8.10. The lowest BCUT2D eigenvalue weighted by atomic mass is 10.1. The Morgan fingerprint density at radius 1 is 1.35 bits per heavy atom. The number of hydrogen-bond donors (Lipinski definition) is 1. The van der Waals surface area contributed by atoms with E-state index in [0.29, 0.717) is 6.54 Å². The van der Waals surface area contributed by atoms with Gasteiger partial charge in [0.25, 0.3) is 0 Å². The fraction of sp³-hybridized carbons (Fsp3) is 0.538. The summed E-state index contributed by atoms with van der Waals surface area (Å²) in [6.45, 7) is 6.10. The van der Waals surface area contributed by atoms with E-state index in [1.54, 1.807) is 0 Å². The molecule has 2 N–H and O–H groups in total. The minimum Gasteiger partial charge on any atom is -0.372 e. The van der Waals surface area contributed by atoms with Crippen LogP contribution >= 0.6 is 0 Å². The summed E-state index contributed by atoms with van der Waals surface area (Å²) < 4.78 is 18.8. The van der Waals surface area contributed by atoms with Gasteiger partial charge >= 0.3 is 0 Å². The minimum atomic E-state index is -0.233. The number of morpholine rings is 1. The first-order valence-corrected chi connectivity index (χ1v) is 5.99. The zero-order valence-corrected chi connectivity index (χ0v) is 10.3. The Morgan fingerprint density at radius 3 is 2.59 bits per heavy atom. The van der Waals surface area contributed by atoms with Crippen molar-refractivity contribution in [3.05, 3.63) is 29.6 Å². The number of anilines is 1. The molecular formula is C13H19FN2O. The summed E-state index contributed by atoms with van der Waals surface area (Å²) in [6.07, 6.45) is 0.379. The van der Waals surface area contributed by atoms with Gasteiger partial charge in [-0.05, 0) is 37.6 Å². The smallest absolute Gasteiger partial charge is 0.123 e. The van der Waals surface area contributed by atoms with E-state index in [1.165, 1.54) is 12.1 Å². The van der Waals surface area contributed by atoms with Crippen LogP contribution in [0, 0.1) is 5.82 Å². The molecule has 1 aromatic carbocycles.